The number of rotatable bonds is 4. The first-order valence-electron chi connectivity index (χ1n) is 6.39. The van der Waals surface area contributed by atoms with Crippen LogP contribution in [0.3, 0.4) is 0 Å². The fourth-order valence-electron chi connectivity index (χ4n) is 2.29. The minimum Gasteiger partial charge on any atom is -0.386 e. The summed E-state index contributed by atoms with van der Waals surface area (Å²) in [5, 5.41) is 9.81. The van der Waals surface area contributed by atoms with Gasteiger partial charge in [0.1, 0.15) is 0 Å². The van der Waals surface area contributed by atoms with Gasteiger partial charge in [-0.1, -0.05) is 24.6 Å². The second-order valence-corrected chi connectivity index (χ2v) is 5.79. The molecular formula is C15H24O2. The van der Waals surface area contributed by atoms with Gasteiger partial charge < -0.3 is 5.11 Å². The largest absolute Gasteiger partial charge is 0.386 e. The number of carbonyl (C=O) groups excluding carboxylic acids is 1. The van der Waals surface area contributed by atoms with Crippen molar-refractivity contribution in [2.24, 2.45) is 11.8 Å². The molecule has 2 heteroatoms. The Balaban J connectivity index is 2.53. The topological polar surface area (TPSA) is 37.3 Å². The first-order chi connectivity index (χ1) is 7.80. The summed E-state index contributed by atoms with van der Waals surface area (Å²) < 4.78 is 0. The third kappa shape index (κ3) is 4.86. The summed E-state index contributed by atoms with van der Waals surface area (Å²) in [5.74, 6) is 0.985. The monoisotopic (exact) mass is 236 g/mol. The molecule has 0 aromatic heterocycles. The van der Waals surface area contributed by atoms with Crippen molar-refractivity contribution < 1.29 is 9.90 Å². The first-order valence-corrected chi connectivity index (χ1v) is 6.39. The molecule has 0 aliphatic heterocycles. The predicted molar refractivity (Wildman–Crippen MR) is 70.7 cm³/mol. The highest BCUT2D eigenvalue weighted by atomic mass is 16.3. The van der Waals surface area contributed by atoms with Gasteiger partial charge in [-0.15, -0.1) is 0 Å². The molecular weight excluding hydrogens is 212 g/mol. The molecule has 17 heavy (non-hydrogen) atoms. The van der Waals surface area contributed by atoms with Crippen molar-refractivity contribution in [3.8, 4) is 0 Å². The molecule has 1 N–H and O–H groups in total. The number of hydrogen-bond donors (Lipinski definition) is 1. The van der Waals surface area contributed by atoms with E-state index in [1.54, 1.807) is 6.08 Å². The van der Waals surface area contributed by atoms with Crippen LogP contribution in [-0.2, 0) is 4.79 Å². The zero-order valence-electron chi connectivity index (χ0n) is 11.4. The zero-order valence-corrected chi connectivity index (χ0v) is 11.4. The Morgan fingerprint density at radius 3 is 2.71 bits per heavy atom. The summed E-state index contributed by atoms with van der Waals surface area (Å²) in [7, 11) is 0. The van der Waals surface area contributed by atoms with Crippen LogP contribution in [0.15, 0.2) is 23.8 Å². The van der Waals surface area contributed by atoms with Crippen LogP contribution in [0, 0.1) is 11.8 Å². The Kier molecular flexibility index (Phi) is 4.70. The molecule has 1 rings (SSSR count). The van der Waals surface area contributed by atoms with Gasteiger partial charge >= 0.3 is 0 Å². The molecule has 0 saturated carbocycles. The lowest BCUT2D eigenvalue weighted by molar-refractivity contribution is -0.115. The number of hydrogen-bond acceptors (Lipinski definition) is 2. The van der Waals surface area contributed by atoms with Gasteiger partial charge in [0, 0.05) is 6.42 Å². The molecule has 0 bridgehead atoms. The Hall–Kier alpha value is -0.890. The molecule has 96 valence electrons. The molecule has 0 aromatic carbocycles. The van der Waals surface area contributed by atoms with E-state index in [9.17, 15) is 9.90 Å². The van der Waals surface area contributed by atoms with E-state index in [1.807, 2.05) is 26.8 Å². The highest BCUT2D eigenvalue weighted by Crippen LogP contribution is 2.31. The van der Waals surface area contributed by atoms with Gasteiger partial charge in [0.15, 0.2) is 5.78 Å². The fraction of sp³-hybridized carbons (Fsp3) is 0.667. The maximum atomic E-state index is 11.7. The number of ketones is 1. The van der Waals surface area contributed by atoms with Crippen molar-refractivity contribution in [2.75, 3.05) is 0 Å². The summed E-state index contributed by atoms with van der Waals surface area (Å²) in [6, 6.07) is 0. The highest BCUT2D eigenvalue weighted by molar-refractivity contribution is 5.90. The molecule has 1 aliphatic rings. The summed E-state index contributed by atoms with van der Waals surface area (Å²) in [6.07, 6.45) is 8.02. The van der Waals surface area contributed by atoms with Gasteiger partial charge in [0.2, 0.25) is 0 Å². The number of allylic oxidation sites excluding steroid dienone is 3. The summed E-state index contributed by atoms with van der Waals surface area (Å²) in [4.78, 5) is 11.7. The molecule has 0 aromatic rings. The second-order valence-electron chi connectivity index (χ2n) is 5.79. The third-order valence-corrected chi connectivity index (χ3v) is 3.39. The molecule has 0 amide bonds. The summed E-state index contributed by atoms with van der Waals surface area (Å²) >= 11 is 0. The fourth-order valence-corrected chi connectivity index (χ4v) is 2.29. The van der Waals surface area contributed by atoms with Gasteiger partial charge in [-0.2, -0.15) is 0 Å². The van der Waals surface area contributed by atoms with Gasteiger partial charge in [0.05, 0.1) is 5.60 Å². The van der Waals surface area contributed by atoms with Gasteiger partial charge in [0.25, 0.3) is 0 Å². The van der Waals surface area contributed by atoms with Crippen LogP contribution in [-0.4, -0.2) is 16.5 Å². The van der Waals surface area contributed by atoms with Crippen molar-refractivity contribution in [1.29, 1.82) is 0 Å². The maximum Gasteiger partial charge on any atom is 0.155 e. The summed E-state index contributed by atoms with van der Waals surface area (Å²) in [6.45, 7) is 7.84. The van der Waals surface area contributed by atoms with E-state index in [4.69, 9.17) is 0 Å². The molecule has 0 saturated heterocycles. The zero-order chi connectivity index (χ0) is 13.1. The van der Waals surface area contributed by atoms with E-state index in [0.717, 1.165) is 18.4 Å². The molecule has 3 unspecified atom stereocenters. The lowest BCUT2D eigenvalue weighted by Crippen LogP contribution is -2.28. The summed E-state index contributed by atoms with van der Waals surface area (Å²) in [5.41, 5.74) is 0.407. The minimum absolute atomic E-state index is 0.211. The first kappa shape index (κ1) is 14.2. The minimum atomic E-state index is -0.653. The van der Waals surface area contributed by atoms with E-state index < -0.39 is 5.60 Å². The number of carbonyl (C=O) groups is 1. The van der Waals surface area contributed by atoms with E-state index in [0.29, 0.717) is 18.3 Å². The second kappa shape index (κ2) is 5.63. The average Bonchev–Trinajstić information content (AvgIpc) is 2.15. The molecule has 0 radical (unpaired) electrons. The number of aliphatic hydroxyl groups is 1. The van der Waals surface area contributed by atoms with Crippen molar-refractivity contribution in [3.05, 3.63) is 23.8 Å². The molecule has 0 heterocycles. The average molecular weight is 236 g/mol. The third-order valence-electron chi connectivity index (χ3n) is 3.39. The van der Waals surface area contributed by atoms with E-state index in [2.05, 4.69) is 13.0 Å². The molecule has 3 atom stereocenters. The lowest BCUT2D eigenvalue weighted by atomic mass is 9.78. The van der Waals surface area contributed by atoms with Gasteiger partial charge in [-0.05, 0) is 51.5 Å². The standard InChI is InChI=1S/C15H24O2/c1-11(2)9-14(16)10-12(3)13-5-7-15(4,17)8-6-13/h5,7,9,12-13,17H,6,8,10H2,1-4H3. The molecule has 0 spiro atoms. The highest BCUT2D eigenvalue weighted by Gasteiger charge is 2.26. The quantitative estimate of drug-likeness (QED) is 0.601. The Morgan fingerprint density at radius 1 is 1.59 bits per heavy atom. The van der Waals surface area contributed by atoms with Crippen LogP contribution in [0.4, 0.5) is 0 Å². The van der Waals surface area contributed by atoms with E-state index in [-0.39, 0.29) is 5.78 Å². The Labute approximate surface area is 104 Å². The smallest absolute Gasteiger partial charge is 0.155 e. The van der Waals surface area contributed by atoms with Crippen LogP contribution in [0.2, 0.25) is 0 Å². The van der Waals surface area contributed by atoms with E-state index in [1.165, 1.54) is 0 Å². The normalized spacial score (nSPS) is 29.8. The predicted octanol–water partition coefficient (Wildman–Crippen LogP) is 3.27. The SMILES string of the molecule is CC(C)=CC(=O)CC(C)C1C=CC(C)(O)CC1. The van der Waals surface area contributed by atoms with Crippen molar-refractivity contribution >= 4 is 5.78 Å². The van der Waals surface area contributed by atoms with Crippen molar-refractivity contribution in [3.63, 3.8) is 0 Å². The van der Waals surface area contributed by atoms with Crippen molar-refractivity contribution in [2.45, 2.75) is 52.6 Å². The molecule has 2 nitrogen and oxygen atoms in total. The molecule has 1 aliphatic carbocycles. The van der Waals surface area contributed by atoms with Gasteiger partial charge in [-0.3, -0.25) is 4.79 Å². The van der Waals surface area contributed by atoms with Crippen LogP contribution in [0.5, 0.6) is 0 Å². The van der Waals surface area contributed by atoms with Crippen LogP contribution in [0.1, 0.15) is 47.0 Å². The van der Waals surface area contributed by atoms with Crippen molar-refractivity contribution in [1.82, 2.24) is 0 Å². The van der Waals surface area contributed by atoms with Crippen LogP contribution < -0.4 is 0 Å². The Morgan fingerprint density at radius 2 is 2.24 bits per heavy atom. The maximum absolute atomic E-state index is 11.7. The van der Waals surface area contributed by atoms with Crippen LogP contribution in [0.25, 0.3) is 0 Å². The Bertz CT molecular complexity index is 333. The van der Waals surface area contributed by atoms with Gasteiger partial charge in [-0.25, -0.2) is 0 Å². The van der Waals surface area contributed by atoms with Crippen LogP contribution >= 0.6 is 0 Å². The lowest BCUT2D eigenvalue weighted by Gasteiger charge is -2.30. The molecule has 0 fully saturated rings. The van der Waals surface area contributed by atoms with E-state index >= 15 is 0 Å².